The molecule has 0 aliphatic carbocycles. The van der Waals surface area contributed by atoms with E-state index in [1.54, 1.807) is 0 Å². The number of aromatic nitrogens is 3. The molecule has 9 heteroatoms. The topological polar surface area (TPSA) is 85.8 Å². The Morgan fingerprint density at radius 1 is 1.32 bits per heavy atom. The number of nitrogens with zero attached hydrogens (tertiary/aromatic N) is 3. The Morgan fingerprint density at radius 3 is 2.44 bits per heavy atom. The van der Waals surface area contributed by atoms with Crippen molar-refractivity contribution in [3.8, 4) is 11.3 Å². The van der Waals surface area contributed by atoms with E-state index < -0.39 is 11.9 Å². The fraction of sp³-hybridized carbons (Fsp3) is 0.438. The summed E-state index contributed by atoms with van der Waals surface area (Å²) in [4.78, 5) is 15.5. The molecule has 2 rings (SSSR count). The van der Waals surface area contributed by atoms with Crippen molar-refractivity contribution >= 4 is 17.5 Å². The van der Waals surface area contributed by atoms with Gasteiger partial charge in [0.2, 0.25) is 5.91 Å². The summed E-state index contributed by atoms with van der Waals surface area (Å²) in [6.45, 7) is 5.87. The SMILES string of the molecule is CC.CCCC(=O)Nc1ccc(-c2cc(C(F)(F)F)nn2C)c(N)n1. The predicted octanol–water partition coefficient (Wildman–Crippen LogP) is 3.85. The van der Waals surface area contributed by atoms with Crippen molar-refractivity contribution in [2.75, 3.05) is 11.1 Å². The van der Waals surface area contributed by atoms with Gasteiger partial charge in [0.25, 0.3) is 0 Å². The highest BCUT2D eigenvalue weighted by atomic mass is 19.4. The molecule has 2 heterocycles. The van der Waals surface area contributed by atoms with Gasteiger partial charge in [0, 0.05) is 19.0 Å². The van der Waals surface area contributed by atoms with Gasteiger partial charge >= 0.3 is 6.18 Å². The maximum absolute atomic E-state index is 12.7. The van der Waals surface area contributed by atoms with Crippen molar-refractivity contribution in [3.63, 3.8) is 0 Å². The highest BCUT2D eigenvalue weighted by molar-refractivity contribution is 5.90. The van der Waals surface area contributed by atoms with Crippen molar-refractivity contribution < 1.29 is 18.0 Å². The standard InChI is InChI=1S/C14H16F3N5O.C2H6/c1-3-4-12(23)19-11-6-5-8(13(18)20-11)9-7-10(14(15,16)17)21-22(9)2;1-2/h5-7H,3-4H2,1-2H3,(H3,18,19,20,23);1-2H3. The zero-order chi connectivity index (χ0) is 19.2. The van der Waals surface area contributed by atoms with Gasteiger partial charge in [-0.1, -0.05) is 20.8 Å². The van der Waals surface area contributed by atoms with Gasteiger partial charge in [-0.25, -0.2) is 4.98 Å². The van der Waals surface area contributed by atoms with Crippen LogP contribution in [0.3, 0.4) is 0 Å². The Bertz CT molecular complexity index is 725. The average Bonchev–Trinajstić information content (AvgIpc) is 2.92. The van der Waals surface area contributed by atoms with Crippen molar-refractivity contribution in [3.05, 3.63) is 23.9 Å². The lowest BCUT2D eigenvalue weighted by Crippen LogP contribution is -2.12. The van der Waals surface area contributed by atoms with Gasteiger partial charge < -0.3 is 11.1 Å². The van der Waals surface area contributed by atoms with Crippen LogP contribution < -0.4 is 11.1 Å². The van der Waals surface area contributed by atoms with E-state index in [4.69, 9.17) is 5.73 Å². The maximum Gasteiger partial charge on any atom is 0.435 e. The molecular weight excluding hydrogens is 335 g/mol. The first-order valence-electron chi connectivity index (χ1n) is 7.90. The molecule has 3 N–H and O–H groups in total. The summed E-state index contributed by atoms with van der Waals surface area (Å²) in [5, 5.41) is 6.01. The van der Waals surface area contributed by atoms with Gasteiger partial charge in [0.15, 0.2) is 5.69 Å². The maximum atomic E-state index is 12.7. The van der Waals surface area contributed by atoms with Crippen LogP contribution in [0.15, 0.2) is 18.2 Å². The molecule has 0 aliphatic rings. The molecule has 2 aromatic heterocycles. The Morgan fingerprint density at radius 2 is 1.96 bits per heavy atom. The van der Waals surface area contributed by atoms with Crippen LogP contribution in [0.25, 0.3) is 11.3 Å². The molecule has 0 fully saturated rings. The molecule has 0 spiro atoms. The molecule has 1 amide bonds. The highest BCUT2D eigenvalue weighted by Gasteiger charge is 2.34. The fourth-order valence-electron chi connectivity index (χ4n) is 2.05. The number of rotatable bonds is 4. The molecule has 0 saturated heterocycles. The third-order valence-electron chi connectivity index (χ3n) is 3.12. The predicted molar refractivity (Wildman–Crippen MR) is 90.7 cm³/mol. The van der Waals surface area contributed by atoms with E-state index in [1.807, 2.05) is 20.8 Å². The van der Waals surface area contributed by atoms with Crippen LogP contribution >= 0.6 is 0 Å². The zero-order valence-electron chi connectivity index (χ0n) is 14.6. The molecule has 0 aromatic carbocycles. The Kier molecular flexibility index (Phi) is 6.96. The van der Waals surface area contributed by atoms with Gasteiger partial charge in [-0.15, -0.1) is 0 Å². The zero-order valence-corrected chi connectivity index (χ0v) is 14.6. The van der Waals surface area contributed by atoms with Crippen LogP contribution in [0.4, 0.5) is 24.8 Å². The number of alkyl halides is 3. The summed E-state index contributed by atoms with van der Waals surface area (Å²) in [5.74, 6) is 0.0611. The summed E-state index contributed by atoms with van der Waals surface area (Å²) in [5.41, 5.74) is 5.30. The van der Waals surface area contributed by atoms with Crippen LogP contribution in [0.5, 0.6) is 0 Å². The molecule has 25 heavy (non-hydrogen) atoms. The number of aryl methyl sites for hydroxylation is 1. The fourth-order valence-corrected chi connectivity index (χ4v) is 2.05. The first kappa shape index (κ1) is 20.5. The Labute approximate surface area is 144 Å². The molecule has 0 radical (unpaired) electrons. The van der Waals surface area contributed by atoms with Crippen LogP contribution in [0.1, 0.15) is 39.3 Å². The van der Waals surface area contributed by atoms with Crippen LogP contribution in [-0.4, -0.2) is 20.7 Å². The highest BCUT2D eigenvalue weighted by Crippen LogP contribution is 2.33. The average molecular weight is 357 g/mol. The summed E-state index contributed by atoms with van der Waals surface area (Å²) < 4.78 is 39.2. The minimum Gasteiger partial charge on any atom is -0.383 e. The lowest BCUT2D eigenvalue weighted by molar-refractivity contribution is -0.141. The molecule has 0 atom stereocenters. The Hall–Kier alpha value is -2.58. The van der Waals surface area contributed by atoms with E-state index in [0.717, 1.165) is 10.7 Å². The third kappa shape index (κ3) is 5.20. The molecule has 138 valence electrons. The third-order valence-corrected chi connectivity index (χ3v) is 3.12. The van der Waals surface area contributed by atoms with Crippen LogP contribution in [-0.2, 0) is 18.0 Å². The van der Waals surface area contributed by atoms with E-state index >= 15 is 0 Å². The van der Waals surface area contributed by atoms with E-state index in [-0.39, 0.29) is 23.2 Å². The van der Waals surface area contributed by atoms with Crippen molar-refractivity contribution in [1.29, 1.82) is 0 Å². The number of carbonyl (C=O) groups excluding carboxylic acids is 1. The number of nitrogens with two attached hydrogens (primary N) is 1. The molecule has 0 aliphatic heterocycles. The molecule has 2 aromatic rings. The van der Waals surface area contributed by atoms with Gasteiger partial charge in [-0.3, -0.25) is 9.48 Å². The molecular formula is C16H22F3N5O. The number of halogens is 3. The van der Waals surface area contributed by atoms with Crippen molar-refractivity contribution in [2.24, 2.45) is 7.05 Å². The summed E-state index contributed by atoms with van der Waals surface area (Å²) >= 11 is 0. The monoisotopic (exact) mass is 357 g/mol. The first-order chi connectivity index (χ1) is 11.7. The lowest BCUT2D eigenvalue weighted by atomic mass is 10.1. The van der Waals surface area contributed by atoms with Crippen molar-refractivity contribution in [1.82, 2.24) is 14.8 Å². The largest absolute Gasteiger partial charge is 0.435 e. The number of hydrogen-bond donors (Lipinski definition) is 2. The molecule has 6 nitrogen and oxygen atoms in total. The van der Waals surface area contributed by atoms with Gasteiger partial charge in [-0.05, 0) is 24.6 Å². The minimum atomic E-state index is -4.54. The second-order valence-electron chi connectivity index (χ2n) is 4.96. The van der Waals surface area contributed by atoms with Crippen LogP contribution in [0, 0.1) is 0 Å². The second kappa shape index (κ2) is 8.50. The number of pyridine rings is 1. The van der Waals surface area contributed by atoms with E-state index in [2.05, 4.69) is 15.4 Å². The van der Waals surface area contributed by atoms with Crippen molar-refractivity contribution in [2.45, 2.75) is 39.8 Å². The van der Waals surface area contributed by atoms with Crippen LogP contribution in [0.2, 0.25) is 0 Å². The van der Waals surface area contributed by atoms with Gasteiger partial charge in [0.05, 0.1) is 5.69 Å². The van der Waals surface area contributed by atoms with E-state index in [9.17, 15) is 18.0 Å². The summed E-state index contributed by atoms with van der Waals surface area (Å²) in [6.07, 6.45) is -3.50. The molecule has 0 unspecified atom stereocenters. The van der Waals surface area contributed by atoms with E-state index in [0.29, 0.717) is 18.4 Å². The first-order valence-corrected chi connectivity index (χ1v) is 7.90. The number of hydrogen-bond acceptors (Lipinski definition) is 4. The second-order valence-corrected chi connectivity index (χ2v) is 4.96. The number of anilines is 2. The molecule has 0 bridgehead atoms. The summed E-state index contributed by atoms with van der Waals surface area (Å²) in [6, 6.07) is 3.89. The van der Waals surface area contributed by atoms with Gasteiger partial charge in [-0.2, -0.15) is 18.3 Å². The number of carbonyl (C=O) groups is 1. The number of amides is 1. The van der Waals surface area contributed by atoms with Gasteiger partial charge in [0.1, 0.15) is 11.6 Å². The summed E-state index contributed by atoms with van der Waals surface area (Å²) in [7, 11) is 1.39. The van der Waals surface area contributed by atoms with E-state index in [1.165, 1.54) is 19.2 Å². The lowest BCUT2D eigenvalue weighted by Gasteiger charge is -2.08. The quantitative estimate of drug-likeness (QED) is 0.870. The number of nitrogen functional groups attached to an aromatic ring is 1. The normalized spacial score (nSPS) is 10.8. The number of nitrogens with one attached hydrogen (secondary N) is 1. The Balaban J connectivity index is 0.00000151. The molecule has 0 saturated carbocycles. The minimum absolute atomic E-state index is 0.0102. The smallest absolute Gasteiger partial charge is 0.383 e.